The molecule has 0 saturated heterocycles. The second-order valence-corrected chi connectivity index (χ2v) is 7.45. The van der Waals surface area contributed by atoms with E-state index in [1.165, 1.54) is 21.6 Å². The zero-order chi connectivity index (χ0) is 18.2. The zero-order valence-electron chi connectivity index (χ0n) is 14.7. The van der Waals surface area contributed by atoms with Crippen molar-refractivity contribution in [2.45, 2.75) is 25.9 Å². The van der Waals surface area contributed by atoms with Gasteiger partial charge in [-0.15, -0.1) is 11.3 Å². The lowest BCUT2D eigenvalue weighted by Crippen LogP contribution is -2.25. The van der Waals surface area contributed by atoms with Crippen molar-refractivity contribution in [2.75, 3.05) is 6.54 Å². The minimum Gasteiger partial charge on any atom is -0.481 e. The summed E-state index contributed by atoms with van der Waals surface area (Å²) in [5.74, 6) is -0.751. The van der Waals surface area contributed by atoms with Crippen molar-refractivity contribution in [3.63, 3.8) is 0 Å². The third kappa shape index (κ3) is 5.83. The molecule has 0 radical (unpaired) electrons. The van der Waals surface area contributed by atoms with Crippen molar-refractivity contribution in [3.8, 4) is 0 Å². The standard InChI is InChI=1S/C22H23NO2S/c24-22(25)11-12-23(17-21-10-5-13-26-21)16-20-9-4-8-19(15-20)14-18-6-2-1-3-7-18/h1-10,13,15H,11-12,14,16-17H2,(H,24,25). The average Bonchev–Trinajstić information content (AvgIpc) is 3.14. The number of aliphatic carboxylic acids is 1. The normalized spacial score (nSPS) is 11.0. The van der Waals surface area contributed by atoms with E-state index in [1.54, 1.807) is 11.3 Å². The molecule has 1 heterocycles. The van der Waals surface area contributed by atoms with Gasteiger partial charge in [-0.3, -0.25) is 9.69 Å². The van der Waals surface area contributed by atoms with Gasteiger partial charge in [0.1, 0.15) is 0 Å². The molecule has 3 rings (SSSR count). The highest BCUT2D eigenvalue weighted by Gasteiger charge is 2.10. The molecule has 0 spiro atoms. The van der Waals surface area contributed by atoms with Crippen molar-refractivity contribution < 1.29 is 9.90 Å². The Morgan fingerprint density at radius 3 is 2.38 bits per heavy atom. The third-order valence-electron chi connectivity index (χ3n) is 4.25. The Hall–Kier alpha value is -2.43. The van der Waals surface area contributed by atoms with E-state index in [-0.39, 0.29) is 6.42 Å². The molecule has 134 valence electrons. The summed E-state index contributed by atoms with van der Waals surface area (Å²) in [7, 11) is 0. The van der Waals surface area contributed by atoms with E-state index in [9.17, 15) is 4.79 Å². The van der Waals surface area contributed by atoms with Crippen LogP contribution in [0.4, 0.5) is 0 Å². The molecule has 0 aliphatic rings. The van der Waals surface area contributed by atoms with Gasteiger partial charge in [0, 0.05) is 24.5 Å². The number of rotatable bonds is 9. The molecule has 3 nitrogen and oxygen atoms in total. The average molecular weight is 365 g/mol. The van der Waals surface area contributed by atoms with Gasteiger partial charge in [-0.2, -0.15) is 0 Å². The van der Waals surface area contributed by atoms with E-state index in [4.69, 9.17) is 5.11 Å². The minimum atomic E-state index is -0.751. The first kappa shape index (κ1) is 18.4. The summed E-state index contributed by atoms with van der Waals surface area (Å²) in [6.07, 6.45) is 1.07. The molecule has 0 bridgehead atoms. The molecular weight excluding hydrogens is 342 g/mol. The lowest BCUT2D eigenvalue weighted by Gasteiger charge is -2.21. The van der Waals surface area contributed by atoms with E-state index in [0.717, 1.165) is 19.5 Å². The van der Waals surface area contributed by atoms with Gasteiger partial charge in [-0.25, -0.2) is 0 Å². The van der Waals surface area contributed by atoms with Crippen LogP contribution in [0.3, 0.4) is 0 Å². The predicted molar refractivity (Wildman–Crippen MR) is 106 cm³/mol. The maximum atomic E-state index is 11.0. The van der Waals surface area contributed by atoms with Gasteiger partial charge in [-0.05, 0) is 34.6 Å². The van der Waals surface area contributed by atoms with Crippen LogP contribution in [0.1, 0.15) is 28.0 Å². The lowest BCUT2D eigenvalue weighted by molar-refractivity contribution is -0.137. The first-order valence-corrected chi connectivity index (χ1v) is 9.65. The number of hydrogen-bond donors (Lipinski definition) is 1. The monoisotopic (exact) mass is 365 g/mol. The first-order chi connectivity index (χ1) is 12.7. The summed E-state index contributed by atoms with van der Waals surface area (Å²) >= 11 is 1.71. The van der Waals surface area contributed by atoms with Crippen LogP contribution < -0.4 is 0 Å². The topological polar surface area (TPSA) is 40.5 Å². The Morgan fingerprint density at radius 2 is 1.65 bits per heavy atom. The Labute approximate surface area is 158 Å². The lowest BCUT2D eigenvalue weighted by atomic mass is 10.0. The fraction of sp³-hybridized carbons (Fsp3) is 0.227. The van der Waals surface area contributed by atoms with E-state index in [2.05, 4.69) is 64.9 Å². The van der Waals surface area contributed by atoms with E-state index < -0.39 is 5.97 Å². The summed E-state index contributed by atoms with van der Waals surface area (Å²) in [5, 5.41) is 11.1. The van der Waals surface area contributed by atoms with Crippen LogP contribution in [0.15, 0.2) is 72.1 Å². The number of carbonyl (C=O) groups is 1. The molecule has 3 aromatic rings. The largest absolute Gasteiger partial charge is 0.481 e. The van der Waals surface area contributed by atoms with Crippen molar-refractivity contribution in [2.24, 2.45) is 0 Å². The molecule has 26 heavy (non-hydrogen) atoms. The fourth-order valence-electron chi connectivity index (χ4n) is 3.02. The summed E-state index contributed by atoms with van der Waals surface area (Å²) in [5.41, 5.74) is 3.80. The predicted octanol–water partition coefficient (Wildman–Crippen LogP) is 4.82. The third-order valence-corrected chi connectivity index (χ3v) is 5.11. The quantitative estimate of drug-likeness (QED) is 0.591. The number of carboxylic acids is 1. The zero-order valence-corrected chi connectivity index (χ0v) is 15.5. The highest BCUT2D eigenvalue weighted by molar-refractivity contribution is 7.09. The van der Waals surface area contributed by atoms with Gasteiger partial charge in [-0.1, -0.05) is 60.7 Å². The van der Waals surface area contributed by atoms with Crippen LogP contribution in [0.2, 0.25) is 0 Å². The van der Waals surface area contributed by atoms with Crippen LogP contribution >= 0.6 is 11.3 Å². The molecule has 1 aromatic heterocycles. The fourth-order valence-corrected chi connectivity index (χ4v) is 3.76. The van der Waals surface area contributed by atoms with Crippen LogP contribution in [0, 0.1) is 0 Å². The molecule has 0 aliphatic heterocycles. The van der Waals surface area contributed by atoms with Crippen LogP contribution in [-0.2, 0) is 24.3 Å². The van der Waals surface area contributed by atoms with Gasteiger partial charge in [0.25, 0.3) is 0 Å². The highest BCUT2D eigenvalue weighted by Crippen LogP contribution is 2.17. The number of hydrogen-bond acceptors (Lipinski definition) is 3. The molecule has 2 aromatic carbocycles. The van der Waals surface area contributed by atoms with Gasteiger partial charge in [0.15, 0.2) is 0 Å². The smallest absolute Gasteiger partial charge is 0.304 e. The summed E-state index contributed by atoms with van der Waals surface area (Å²) in [6.45, 7) is 2.10. The van der Waals surface area contributed by atoms with Gasteiger partial charge >= 0.3 is 5.97 Å². The van der Waals surface area contributed by atoms with Crippen molar-refractivity contribution in [1.29, 1.82) is 0 Å². The maximum absolute atomic E-state index is 11.0. The van der Waals surface area contributed by atoms with Crippen molar-refractivity contribution in [3.05, 3.63) is 93.7 Å². The van der Waals surface area contributed by atoms with Gasteiger partial charge < -0.3 is 5.11 Å². The molecule has 4 heteroatoms. The van der Waals surface area contributed by atoms with Crippen LogP contribution in [-0.4, -0.2) is 22.5 Å². The number of nitrogens with zero attached hydrogens (tertiary/aromatic N) is 1. The second-order valence-electron chi connectivity index (χ2n) is 6.42. The van der Waals surface area contributed by atoms with Crippen LogP contribution in [0.5, 0.6) is 0 Å². The molecule has 0 fully saturated rings. The summed E-state index contributed by atoms with van der Waals surface area (Å²) in [6, 6.07) is 23.2. The van der Waals surface area contributed by atoms with Gasteiger partial charge in [0.05, 0.1) is 6.42 Å². The SMILES string of the molecule is O=C(O)CCN(Cc1cccc(Cc2ccccc2)c1)Cc1cccs1. The number of benzene rings is 2. The Morgan fingerprint density at radius 1 is 0.885 bits per heavy atom. The highest BCUT2D eigenvalue weighted by atomic mass is 32.1. The Balaban J connectivity index is 1.68. The van der Waals surface area contributed by atoms with Crippen molar-refractivity contribution >= 4 is 17.3 Å². The summed E-state index contributed by atoms with van der Waals surface area (Å²) < 4.78 is 0. The van der Waals surface area contributed by atoms with Crippen molar-refractivity contribution in [1.82, 2.24) is 4.90 Å². The molecule has 0 aliphatic carbocycles. The van der Waals surface area contributed by atoms with Gasteiger partial charge in [0.2, 0.25) is 0 Å². The molecular formula is C22H23NO2S. The number of thiophene rings is 1. The van der Waals surface area contributed by atoms with E-state index in [0.29, 0.717) is 6.54 Å². The molecule has 1 N–H and O–H groups in total. The molecule has 0 saturated carbocycles. The molecule has 0 atom stereocenters. The first-order valence-electron chi connectivity index (χ1n) is 8.77. The Kier molecular flexibility index (Phi) is 6.58. The maximum Gasteiger partial charge on any atom is 0.304 e. The molecule has 0 amide bonds. The second kappa shape index (κ2) is 9.32. The van der Waals surface area contributed by atoms with E-state index in [1.807, 2.05) is 12.1 Å². The number of carboxylic acid groups (broad SMARTS) is 1. The minimum absolute atomic E-state index is 0.162. The van der Waals surface area contributed by atoms with Crippen LogP contribution in [0.25, 0.3) is 0 Å². The van der Waals surface area contributed by atoms with E-state index >= 15 is 0 Å². The summed E-state index contributed by atoms with van der Waals surface area (Å²) in [4.78, 5) is 14.5. The Bertz CT molecular complexity index is 815. The molecule has 0 unspecified atom stereocenters.